The second kappa shape index (κ2) is 5.74. The Balaban J connectivity index is 2.49. The summed E-state index contributed by atoms with van der Waals surface area (Å²) in [5.41, 5.74) is 1.14. The van der Waals surface area contributed by atoms with E-state index in [0.717, 1.165) is 12.1 Å². The first-order chi connectivity index (χ1) is 7.80. The van der Waals surface area contributed by atoms with Crippen LogP contribution in [-0.2, 0) is 6.54 Å². The van der Waals surface area contributed by atoms with Gasteiger partial charge in [0.05, 0.1) is 0 Å². The van der Waals surface area contributed by atoms with E-state index in [9.17, 15) is 5.11 Å². The van der Waals surface area contributed by atoms with Crippen molar-refractivity contribution in [1.82, 2.24) is 5.32 Å². The summed E-state index contributed by atoms with van der Waals surface area (Å²) < 4.78 is 0. The number of hydrogen-bond acceptors (Lipinski definition) is 2. The molecule has 96 valence electrons. The van der Waals surface area contributed by atoms with Gasteiger partial charge in [-0.15, -0.1) is 0 Å². The van der Waals surface area contributed by atoms with Gasteiger partial charge in [0.25, 0.3) is 0 Å². The highest BCUT2D eigenvalue weighted by molar-refractivity contribution is 6.30. The number of rotatable bonds is 4. The minimum absolute atomic E-state index is 0.295. The zero-order chi connectivity index (χ0) is 13.1. The molecule has 0 heterocycles. The van der Waals surface area contributed by atoms with E-state index < -0.39 is 0 Å². The van der Waals surface area contributed by atoms with Gasteiger partial charge >= 0.3 is 0 Å². The van der Waals surface area contributed by atoms with Gasteiger partial charge in [-0.2, -0.15) is 0 Å². The molecule has 1 aromatic rings. The van der Waals surface area contributed by atoms with Crippen LogP contribution in [0.4, 0.5) is 0 Å². The Kier molecular flexibility index (Phi) is 4.84. The van der Waals surface area contributed by atoms with Gasteiger partial charge in [-0.05, 0) is 36.1 Å². The third-order valence-corrected chi connectivity index (χ3v) is 3.52. The van der Waals surface area contributed by atoms with Crippen molar-refractivity contribution in [3.05, 3.63) is 28.8 Å². The van der Waals surface area contributed by atoms with Gasteiger partial charge in [-0.1, -0.05) is 39.3 Å². The Hall–Kier alpha value is -0.730. The normalized spacial score (nSPS) is 13.7. The molecule has 1 atom stereocenters. The summed E-state index contributed by atoms with van der Waals surface area (Å²) in [7, 11) is 0. The highest BCUT2D eigenvalue weighted by atomic mass is 35.5. The minimum Gasteiger partial charge on any atom is -0.508 e. The fourth-order valence-electron chi connectivity index (χ4n) is 1.43. The fraction of sp³-hybridized carbons (Fsp3) is 0.571. The molecule has 3 heteroatoms. The van der Waals surface area contributed by atoms with Crippen LogP contribution in [0.1, 0.15) is 33.3 Å². The lowest BCUT2D eigenvalue weighted by molar-refractivity contribution is 0.252. The van der Waals surface area contributed by atoms with Gasteiger partial charge < -0.3 is 10.4 Å². The Bertz CT molecular complexity index is 371. The lowest BCUT2D eigenvalue weighted by atomic mass is 9.82. The van der Waals surface area contributed by atoms with E-state index in [2.05, 4.69) is 33.0 Å². The van der Waals surface area contributed by atoms with Crippen molar-refractivity contribution >= 4 is 11.6 Å². The van der Waals surface area contributed by atoms with E-state index in [1.807, 2.05) is 0 Å². The molecule has 0 radical (unpaired) electrons. The molecule has 0 aromatic heterocycles. The molecule has 0 aliphatic rings. The molecular formula is C14H22ClNO. The van der Waals surface area contributed by atoms with Crippen LogP contribution in [0.15, 0.2) is 18.2 Å². The summed E-state index contributed by atoms with van der Waals surface area (Å²) in [5, 5.41) is 13.7. The van der Waals surface area contributed by atoms with Gasteiger partial charge in [0.15, 0.2) is 0 Å². The van der Waals surface area contributed by atoms with Crippen LogP contribution in [-0.4, -0.2) is 11.7 Å². The van der Waals surface area contributed by atoms with Crippen molar-refractivity contribution in [3.8, 4) is 5.75 Å². The van der Waals surface area contributed by atoms with Crippen molar-refractivity contribution in [2.45, 2.75) is 34.2 Å². The van der Waals surface area contributed by atoms with Crippen LogP contribution >= 0.6 is 11.6 Å². The zero-order valence-corrected chi connectivity index (χ0v) is 11.8. The first-order valence-corrected chi connectivity index (χ1v) is 6.36. The average molecular weight is 256 g/mol. The summed E-state index contributed by atoms with van der Waals surface area (Å²) in [4.78, 5) is 0. The van der Waals surface area contributed by atoms with E-state index in [4.69, 9.17) is 11.6 Å². The number of hydrogen-bond donors (Lipinski definition) is 2. The van der Waals surface area contributed by atoms with Gasteiger partial charge in [-0.3, -0.25) is 0 Å². The predicted octanol–water partition coefficient (Wildman–Crippen LogP) is 3.82. The van der Waals surface area contributed by atoms with Crippen molar-refractivity contribution in [3.63, 3.8) is 0 Å². The molecule has 0 spiro atoms. The molecule has 2 nitrogen and oxygen atoms in total. The van der Waals surface area contributed by atoms with Crippen LogP contribution in [0.2, 0.25) is 5.02 Å². The molecule has 1 rings (SSSR count). The molecule has 1 aromatic carbocycles. The zero-order valence-electron chi connectivity index (χ0n) is 11.0. The predicted molar refractivity (Wildman–Crippen MR) is 73.4 cm³/mol. The Morgan fingerprint density at radius 1 is 1.35 bits per heavy atom. The van der Waals surface area contributed by atoms with E-state index in [1.165, 1.54) is 0 Å². The number of phenolic OH excluding ortho intramolecular Hbond substituents is 1. The molecule has 0 saturated carbocycles. The van der Waals surface area contributed by atoms with Crippen molar-refractivity contribution in [2.24, 2.45) is 11.3 Å². The molecule has 0 fully saturated rings. The number of halogens is 1. The summed E-state index contributed by atoms with van der Waals surface area (Å²) in [6, 6.07) is 5.12. The van der Waals surface area contributed by atoms with E-state index in [1.54, 1.807) is 18.2 Å². The molecule has 1 unspecified atom stereocenters. The molecule has 0 amide bonds. The largest absolute Gasteiger partial charge is 0.508 e. The molecule has 0 bridgehead atoms. The average Bonchev–Trinajstić information content (AvgIpc) is 2.21. The van der Waals surface area contributed by atoms with Crippen LogP contribution in [0.3, 0.4) is 0 Å². The third kappa shape index (κ3) is 4.57. The number of aromatic hydroxyl groups is 1. The number of nitrogens with one attached hydrogen (secondary N) is 1. The van der Waals surface area contributed by atoms with Crippen molar-refractivity contribution in [2.75, 3.05) is 6.54 Å². The molecule has 2 N–H and O–H groups in total. The standard InChI is InChI=1S/C14H22ClNO/c1-10(14(2,3)4)8-16-9-11-7-12(15)5-6-13(11)17/h5-7,10,16-17H,8-9H2,1-4H3. The molecule has 0 aliphatic heterocycles. The summed E-state index contributed by atoms with van der Waals surface area (Å²) in [5.74, 6) is 0.870. The number of benzene rings is 1. The van der Waals surface area contributed by atoms with Crippen LogP contribution in [0, 0.1) is 11.3 Å². The van der Waals surface area contributed by atoms with E-state index in [0.29, 0.717) is 28.6 Å². The van der Waals surface area contributed by atoms with Gasteiger partial charge in [0, 0.05) is 17.1 Å². The quantitative estimate of drug-likeness (QED) is 0.857. The second-order valence-electron chi connectivity index (χ2n) is 5.67. The highest BCUT2D eigenvalue weighted by Gasteiger charge is 2.19. The van der Waals surface area contributed by atoms with Crippen LogP contribution in [0.5, 0.6) is 5.75 Å². The highest BCUT2D eigenvalue weighted by Crippen LogP contribution is 2.25. The Morgan fingerprint density at radius 2 is 2.00 bits per heavy atom. The van der Waals surface area contributed by atoms with Crippen LogP contribution < -0.4 is 5.32 Å². The van der Waals surface area contributed by atoms with Crippen molar-refractivity contribution in [1.29, 1.82) is 0 Å². The SMILES string of the molecule is CC(CNCc1cc(Cl)ccc1O)C(C)(C)C. The summed E-state index contributed by atoms with van der Waals surface area (Å²) >= 11 is 5.89. The Labute approximate surface area is 109 Å². The Morgan fingerprint density at radius 3 is 2.59 bits per heavy atom. The second-order valence-corrected chi connectivity index (χ2v) is 6.11. The van der Waals surface area contributed by atoms with E-state index >= 15 is 0 Å². The fourth-order valence-corrected chi connectivity index (χ4v) is 1.62. The maximum Gasteiger partial charge on any atom is 0.120 e. The summed E-state index contributed by atoms with van der Waals surface area (Å²) in [6.07, 6.45) is 0. The third-order valence-electron chi connectivity index (χ3n) is 3.29. The van der Waals surface area contributed by atoms with Crippen molar-refractivity contribution < 1.29 is 5.11 Å². The monoisotopic (exact) mass is 255 g/mol. The van der Waals surface area contributed by atoms with Crippen LogP contribution in [0.25, 0.3) is 0 Å². The van der Waals surface area contributed by atoms with Gasteiger partial charge in [-0.25, -0.2) is 0 Å². The lowest BCUT2D eigenvalue weighted by Gasteiger charge is -2.27. The maximum absolute atomic E-state index is 9.66. The van der Waals surface area contributed by atoms with E-state index in [-0.39, 0.29) is 0 Å². The molecular weight excluding hydrogens is 234 g/mol. The van der Waals surface area contributed by atoms with Gasteiger partial charge in [0.1, 0.15) is 5.75 Å². The molecule has 0 saturated heterocycles. The first-order valence-electron chi connectivity index (χ1n) is 5.99. The smallest absolute Gasteiger partial charge is 0.120 e. The van der Waals surface area contributed by atoms with Gasteiger partial charge in [0.2, 0.25) is 0 Å². The summed E-state index contributed by atoms with van der Waals surface area (Å²) in [6.45, 7) is 10.5. The number of phenols is 1. The molecule has 0 aliphatic carbocycles. The maximum atomic E-state index is 9.66. The first kappa shape index (κ1) is 14.3. The lowest BCUT2D eigenvalue weighted by Crippen LogP contribution is -2.29. The topological polar surface area (TPSA) is 32.3 Å². The molecule has 17 heavy (non-hydrogen) atoms. The minimum atomic E-state index is 0.295.